The number of fused-ring (bicyclic) bond motifs is 2. The number of nitrogens with zero attached hydrogens (tertiary/aromatic N) is 2. The monoisotopic (exact) mass is 391 g/mol. The Balaban J connectivity index is 1.29. The Morgan fingerprint density at radius 1 is 1.37 bits per heavy atom. The van der Waals surface area contributed by atoms with Gasteiger partial charge in [0.15, 0.2) is 11.5 Å². The lowest BCUT2D eigenvalue weighted by atomic mass is 9.94. The van der Waals surface area contributed by atoms with E-state index in [0.29, 0.717) is 43.2 Å². The van der Waals surface area contributed by atoms with Crippen molar-refractivity contribution in [2.75, 3.05) is 26.5 Å². The quantitative estimate of drug-likeness (QED) is 0.681. The summed E-state index contributed by atoms with van der Waals surface area (Å²) in [7, 11) is 0. The Morgan fingerprint density at radius 3 is 3.04 bits per heavy atom. The van der Waals surface area contributed by atoms with Gasteiger partial charge in [0, 0.05) is 32.2 Å². The summed E-state index contributed by atoms with van der Waals surface area (Å²) in [6, 6.07) is 0. The average Bonchev–Trinajstić information content (AvgIpc) is 3.32. The van der Waals surface area contributed by atoms with E-state index in [2.05, 4.69) is 10.3 Å². The summed E-state index contributed by atoms with van der Waals surface area (Å²) in [5.41, 5.74) is 0.569. The van der Waals surface area contributed by atoms with E-state index < -0.39 is 5.92 Å². The van der Waals surface area contributed by atoms with Crippen molar-refractivity contribution < 1.29 is 23.8 Å². The highest BCUT2D eigenvalue weighted by Crippen LogP contribution is 2.31. The van der Waals surface area contributed by atoms with E-state index >= 15 is 0 Å². The zero-order chi connectivity index (χ0) is 18.8. The number of thiocarbonyl (C=S) groups is 1. The highest BCUT2D eigenvalue weighted by atomic mass is 32.1. The molecule has 2 saturated heterocycles. The van der Waals surface area contributed by atoms with Crippen molar-refractivity contribution in [1.29, 1.82) is 0 Å². The van der Waals surface area contributed by atoms with Crippen LogP contribution in [0.25, 0.3) is 0 Å². The molecular formula is C18H21N3O5S. The number of nitrogens with one attached hydrogen (secondary N) is 1. The van der Waals surface area contributed by atoms with E-state index in [0.717, 1.165) is 19.4 Å². The number of hydrogen-bond donors (Lipinski definition) is 1. The van der Waals surface area contributed by atoms with Crippen molar-refractivity contribution >= 4 is 34.9 Å². The average molecular weight is 391 g/mol. The van der Waals surface area contributed by atoms with Gasteiger partial charge in [-0.05, 0) is 37.6 Å². The van der Waals surface area contributed by atoms with Crippen molar-refractivity contribution in [2.24, 2.45) is 10.9 Å². The van der Waals surface area contributed by atoms with Crippen LogP contribution >= 0.6 is 12.2 Å². The highest BCUT2D eigenvalue weighted by molar-refractivity contribution is 7.80. The lowest BCUT2D eigenvalue weighted by Crippen LogP contribution is -2.46. The molecular weight excluding hydrogens is 370 g/mol. The van der Waals surface area contributed by atoms with Gasteiger partial charge < -0.3 is 19.5 Å². The normalized spacial score (nSPS) is 26.4. The van der Waals surface area contributed by atoms with Gasteiger partial charge in [-0.3, -0.25) is 14.5 Å². The number of carbonyl (C=O) groups excluding carboxylic acids is 2. The van der Waals surface area contributed by atoms with Gasteiger partial charge >= 0.3 is 0 Å². The van der Waals surface area contributed by atoms with E-state index in [1.54, 1.807) is 12.2 Å². The second-order valence-corrected chi connectivity index (χ2v) is 7.14. The summed E-state index contributed by atoms with van der Waals surface area (Å²) in [5.74, 6) is 0.424. The molecule has 2 atom stereocenters. The van der Waals surface area contributed by atoms with Crippen molar-refractivity contribution in [2.45, 2.75) is 31.8 Å². The Hall–Kier alpha value is -2.26. The minimum absolute atomic E-state index is 0.0473. The number of rotatable bonds is 6. The Kier molecular flexibility index (Phi) is 5.22. The van der Waals surface area contributed by atoms with Crippen molar-refractivity contribution in [3.8, 4) is 0 Å². The molecule has 9 heteroatoms. The highest BCUT2D eigenvalue weighted by Gasteiger charge is 2.38. The molecule has 0 radical (unpaired) electrons. The third-order valence-electron chi connectivity index (χ3n) is 4.91. The predicted molar refractivity (Wildman–Crippen MR) is 99.7 cm³/mol. The van der Waals surface area contributed by atoms with E-state index in [-0.39, 0.29) is 29.8 Å². The Bertz CT molecular complexity index is 754. The molecule has 0 saturated carbocycles. The Morgan fingerprint density at radius 2 is 2.22 bits per heavy atom. The van der Waals surface area contributed by atoms with Crippen LogP contribution in [0.2, 0.25) is 0 Å². The molecule has 0 bridgehead atoms. The summed E-state index contributed by atoms with van der Waals surface area (Å²) in [5, 5.41) is 3.10. The van der Waals surface area contributed by atoms with Gasteiger partial charge in [0.2, 0.25) is 23.7 Å². The van der Waals surface area contributed by atoms with Crippen LogP contribution in [0.4, 0.5) is 0 Å². The fourth-order valence-corrected chi connectivity index (χ4v) is 3.75. The predicted octanol–water partition coefficient (Wildman–Crippen LogP) is 1.03. The van der Waals surface area contributed by atoms with E-state index in [1.165, 1.54) is 4.90 Å². The molecule has 3 heterocycles. The molecule has 0 spiro atoms. The first-order valence-corrected chi connectivity index (χ1v) is 9.54. The van der Waals surface area contributed by atoms with Gasteiger partial charge in [0.1, 0.15) is 5.92 Å². The van der Waals surface area contributed by atoms with Crippen LogP contribution in [-0.4, -0.2) is 60.1 Å². The first kappa shape index (κ1) is 18.1. The van der Waals surface area contributed by atoms with Gasteiger partial charge in [-0.2, -0.15) is 0 Å². The molecule has 1 aliphatic carbocycles. The molecule has 2 fully saturated rings. The van der Waals surface area contributed by atoms with Gasteiger partial charge in [0.25, 0.3) is 0 Å². The molecule has 0 aromatic rings. The smallest absolute Gasteiger partial charge is 0.241 e. The van der Waals surface area contributed by atoms with Crippen LogP contribution in [0.3, 0.4) is 0 Å². The first-order chi connectivity index (χ1) is 13.1. The fraction of sp³-hybridized carbons (Fsp3) is 0.556. The lowest BCUT2D eigenvalue weighted by Gasteiger charge is -2.30. The SMILES string of the molecule is O=C(CCCN1C(=O)C2C=C3OCOC3=CC2=NC1=S)NCC1CCCO1. The molecule has 3 aliphatic heterocycles. The molecule has 4 rings (SSSR count). The van der Waals surface area contributed by atoms with Gasteiger partial charge in [-0.25, -0.2) is 4.99 Å². The van der Waals surface area contributed by atoms with Crippen LogP contribution in [-0.2, 0) is 23.8 Å². The Labute approximate surface area is 162 Å². The molecule has 0 aromatic heterocycles. The molecule has 1 N–H and O–H groups in total. The number of ether oxygens (including phenoxy) is 3. The third kappa shape index (κ3) is 3.89. The zero-order valence-electron chi connectivity index (χ0n) is 14.8. The summed E-state index contributed by atoms with van der Waals surface area (Å²) >= 11 is 5.27. The maximum atomic E-state index is 12.8. The molecule has 2 unspecified atom stereocenters. The molecule has 2 amide bonds. The lowest BCUT2D eigenvalue weighted by molar-refractivity contribution is -0.129. The molecule has 4 aliphatic rings. The van der Waals surface area contributed by atoms with Crippen molar-refractivity contribution in [3.63, 3.8) is 0 Å². The van der Waals surface area contributed by atoms with E-state index in [4.69, 9.17) is 26.4 Å². The largest absolute Gasteiger partial charge is 0.454 e. The van der Waals surface area contributed by atoms with Crippen LogP contribution < -0.4 is 5.32 Å². The molecule has 144 valence electrons. The number of allylic oxidation sites excluding steroid dienone is 1. The van der Waals surface area contributed by atoms with E-state index in [1.807, 2.05) is 0 Å². The minimum atomic E-state index is -0.523. The van der Waals surface area contributed by atoms with Gasteiger partial charge in [-0.15, -0.1) is 0 Å². The number of aliphatic imine (C=N–C) groups is 1. The van der Waals surface area contributed by atoms with Gasteiger partial charge in [0.05, 0.1) is 11.8 Å². The second-order valence-electron chi connectivity index (χ2n) is 6.78. The second kappa shape index (κ2) is 7.77. The fourth-order valence-electron chi connectivity index (χ4n) is 3.46. The number of amides is 2. The third-order valence-corrected chi connectivity index (χ3v) is 5.22. The van der Waals surface area contributed by atoms with Crippen LogP contribution in [0.1, 0.15) is 25.7 Å². The van der Waals surface area contributed by atoms with E-state index in [9.17, 15) is 9.59 Å². The first-order valence-electron chi connectivity index (χ1n) is 9.13. The minimum Gasteiger partial charge on any atom is -0.454 e. The standard InChI is InChI=1S/C18H21N3O5S/c22-16(19-9-11-3-2-6-24-11)4-1-5-21-17(23)12-7-14-15(26-10-25-14)8-13(12)20-18(21)27/h7-8,11-12H,1-6,9-10H2,(H,19,22). The topological polar surface area (TPSA) is 89.5 Å². The molecule has 0 aromatic carbocycles. The summed E-state index contributed by atoms with van der Waals surface area (Å²) in [6.45, 7) is 1.80. The summed E-state index contributed by atoms with van der Waals surface area (Å²) in [4.78, 5) is 30.6. The maximum Gasteiger partial charge on any atom is 0.241 e. The summed E-state index contributed by atoms with van der Waals surface area (Å²) in [6.07, 6.45) is 6.40. The van der Waals surface area contributed by atoms with Crippen LogP contribution in [0, 0.1) is 5.92 Å². The van der Waals surface area contributed by atoms with Crippen LogP contribution in [0.5, 0.6) is 0 Å². The number of carbonyl (C=O) groups is 2. The van der Waals surface area contributed by atoms with Gasteiger partial charge in [-0.1, -0.05) is 0 Å². The molecule has 8 nitrogen and oxygen atoms in total. The van der Waals surface area contributed by atoms with Crippen molar-refractivity contribution in [1.82, 2.24) is 10.2 Å². The van der Waals surface area contributed by atoms with Crippen molar-refractivity contribution in [3.05, 3.63) is 23.7 Å². The maximum absolute atomic E-state index is 12.8. The zero-order valence-corrected chi connectivity index (χ0v) is 15.6. The summed E-state index contributed by atoms with van der Waals surface area (Å²) < 4.78 is 16.2. The van der Waals surface area contributed by atoms with Crippen LogP contribution in [0.15, 0.2) is 28.7 Å². The number of hydrogen-bond acceptors (Lipinski definition) is 6. The molecule has 27 heavy (non-hydrogen) atoms.